The summed E-state index contributed by atoms with van der Waals surface area (Å²) in [5, 5.41) is 0.358. The highest BCUT2D eigenvalue weighted by molar-refractivity contribution is 6.17. The number of amides is 2. The van der Waals surface area contributed by atoms with E-state index in [1.54, 1.807) is 23.1 Å². The van der Waals surface area contributed by atoms with Crippen LogP contribution in [0.5, 0.6) is 0 Å². The zero-order valence-corrected chi connectivity index (χ0v) is 21.0. The molecule has 0 fully saturated rings. The molecule has 2 aliphatic rings. The summed E-state index contributed by atoms with van der Waals surface area (Å²) in [7, 11) is 0. The lowest BCUT2D eigenvalue weighted by atomic mass is 9.84. The van der Waals surface area contributed by atoms with Gasteiger partial charge in [0, 0.05) is 12.1 Å². The van der Waals surface area contributed by atoms with Crippen molar-refractivity contribution in [2.75, 3.05) is 11.4 Å². The van der Waals surface area contributed by atoms with Gasteiger partial charge in [-0.25, -0.2) is 0 Å². The molecule has 1 aromatic heterocycles. The minimum Gasteiger partial charge on any atom is -0.450 e. The molecule has 2 amide bonds. The number of anilines is 1. The Kier molecular flexibility index (Phi) is 4.99. The normalized spacial score (nSPS) is 18.1. The summed E-state index contributed by atoms with van der Waals surface area (Å²) in [5.74, 6) is -0.922. The number of aryl methyl sites for hydroxylation is 3. The van der Waals surface area contributed by atoms with Gasteiger partial charge in [0.05, 0.1) is 23.2 Å². The average molecular weight is 491 g/mol. The van der Waals surface area contributed by atoms with Gasteiger partial charge >= 0.3 is 0 Å². The van der Waals surface area contributed by atoms with Gasteiger partial charge < -0.3 is 14.2 Å². The lowest BCUT2D eigenvalue weighted by Gasteiger charge is -2.33. The molecule has 3 heterocycles. The summed E-state index contributed by atoms with van der Waals surface area (Å²) in [6.07, 6.45) is 1.57. The van der Waals surface area contributed by atoms with E-state index in [1.807, 2.05) is 69.3 Å². The third-order valence-electron chi connectivity index (χ3n) is 7.63. The quantitative estimate of drug-likeness (QED) is 0.371. The van der Waals surface area contributed by atoms with Crippen LogP contribution in [0, 0.1) is 20.8 Å². The summed E-state index contributed by atoms with van der Waals surface area (Å²) in [4.78, 5) is 45.7. The largest absolute Gasteiger partial charge is 0.450 e. The van der Waals surface area contributed by atoms with Gasteiger partial charge in [0.2, 0.25) is 5.76 Å². The Morgan fingerprint density at radius 1 is 0.946 bits per heavy atom. The maximum absolute atomic E-state index is 14.6. The molecule has 6 rings (SSSR count). The van der Waals surface area contributed by atoms with Crippen LogP contribution < -0.4 is 10.3 Å². The molecule has 6 nitrogen and oxygen atoms in total. The molecule has 37 heavy (non-hydrogen) atoms. The van der Waals surface area contributed by atoms with Crippen LogP contribution in [0.3, 0.4) is 0 Å². The van der Waals surface area contributed by atoms with E-state index in [2.05, 4.69) is 6.58 Å². The zero-order chi connectivity index (χ0) is 26.1. The molecule has 0 N–H and O–H groups in total. The fourth-order valence-electron chi connectivity index (χ4n) is 5.66. The lowest BCUT2D eigenvalue weighted by molar-refractivity contribution is -0.126. The molecule has 2 aliphatic heterocycles. The first kappa shape index (κ1) is 23.0. The van der Waals surface area contributed by atoms with Crippen molar-refractivity contribution in [3.05, 3.63) is 123 Å². The van der Waals surface area contributed by atoms with Crippen LogP contribution >= 0.6 is 0 Å². The molecule has 0 radical (unpaired) electrons. The predicted octanol–water partition coefficient (Wildman–Crippen LogP) is 5.15. The molecule has 4 aromatic rings. The van der Waals surface area contributed by atoms with Crippen molar-refractivity contribution in [2.24, 2.45) is 0 Å². The fourth-order valence-corrected chi connectivity index (χ4v) is 5.66. The molecule has 184 valence electrons. The second-order valence-electron chi connectivity index (χ2n) is 9.88. The number of benzene rings is 3. The molecule has 0 saturated heterocycles. The van der Waals surface area contributed by atoms with Gasteiger partial charge in [-0.2, -0.15) is 0 Å². The van der Waals surface area contributed by atoms with Gasteiger partial charge in [0.25, 0.3) is 11.8 Å². The van der Waals surface area contributed by atoms with Crippen molar-refractivity contribution in [2.45, 2.75) is 32.9 Å². The molecule has 0 aliphatic carbocycles. The first-order valence-electron chi connectivity index (χ1n) is 12.3. The van der Waals surface area contributed by atoms with Gasteiger partial charge in [-0.05, 0) is 55.7 Å². The molecular formula is C31H26N2O4. The Hall–Kier alpha value is -4.45. The number of hydrogen-bond acceptors (Lipinski definition) is 4. The standard InChI is InChI=1S/C31H26N2O4/c1-5-14-33-29(35)28-26(27(34)22-15-19(3)20(4)16-25(22)37-28)31(33)23-8-6-7-9-24(23)32(30(31)36)17-21-12-10-18(2)11-13-21/h5-13,15-16H,1,14,17H2,2-4H3. The molecule has 0 saturated carbocycles. The molecule has 0 bridgehead atoms. The van der Waals surface area contributed by atoms with Crippen molar-refractivity contribution in [1.29, 1.82) is 0 Å². The molecule has 1 unspecified atom stereocenters. The van der Waals surface area contributed by atoms with E-state index in [0.717, 1.165) is 22.3 Å². The summed E-state index contributed by atoms with van der Waals surface area (Å²) in [5.41, 5.74) is 3.64. The van der Waals surface area contributed by atoms with Crippen molar-refractivity contribution < 1.29 is 14.0 Å². The van der Waals surface area contributed by atoms with E-state index < -0.39 is 11.4 Å². The van der Waals surface area contributed by atoms with Crippen LogP contribution in [0.2, 0.25) is 0 Å². The van der Waals surface area contributed by atoms with Gasteiger partial charge in [0.15, 0.2) is 11.0 Å². The average Bonchev–Trinajstić information content (AvgIpc) is 3.27. The monoisotopic (exact) mass is 490 g/mol. The van der Waals surface area contributed by atoms with Crippen LogP contribution in [0.4, 0.5) is 5.69 Å². The molecule has 6 heteroatoms. The Morgan fingerprint density at radius 3 is 2.38 bits per heavy atom. The van der Waals surface area contributed by atoms with Gasteiger partial charge in [0.1, 0.15) is 5.58 Å². The number of rotatable bonds is 4. The SMILES string of the molecule is C=CCN1C(=O)c2oc3cc(C)c(C)cc3c(=O)c2C12C(=O)N(Cc1ccc(C)cc1)c1ccccc12. The van der Waals surface area contributed by atoms with Crippen LogP contribution in [0.1, 0.15) is 43.9 Å². The number of nitrogens with zero attached hydrogens (tertiary/aromatic N) is 2. The molecule has 3 aromatic carbocycles. The van der Waals surface area contributed by atoms with E-state index in [1.165, 1.54) is 4.90 Å². The maximum atomic E-state index is 14.6. The van der Waals surface area contributed by atoms with Crippen molar-refractivity contribution in [3.8, 4) is 0 Å². The topological polar surface area (TPSA) is 70.8 Å². The predicted molar refractivity (Wildman–Crippen MR) is 143 cm³/mol. The second kappa shape index (κ2) is 8.03. The molecule has 1 spiro atoms. The minimum absolute atomic E-state index is 0.0787. The van der Waals surface area contributed by atoms with E-state index in [4.69, 9.17) is 4.42 Å². The maximum Gasteiger partial charge on any atom is 0.291 e. The number of fused-ring (bicyclic) bond motifs is 5. The Bertz CT molecular complexity index is 1700. The third kappa shape index (κ3) is 3.02. The fraction of sp³-hybridized carbons (Fsp3) is 0.194. The van der Waals surface area contributed by atoms with E-state index >= 15 is 0 Å². The van der Waals surface area contributed by atoms with E-state index in [9.17, 15) is 14.4 Å². The smallest absolute Gasteiger partial charge is 0.291 e. The Morgan fingerprint density at radius 2 is 1.65 bits per heavy atom. The first-order valence-corrected chi connectivity index (χ1v) is 12.3. The van der Waals surface area contributed by atoms with Crippen molar-refractivity contribution >= 4 is 28.5 Å². The lowest BCUT2D eigenvalue weighted by Crippen LogP contribution is -2.53. The van der Waals surface area contributed by atoms with Crippen molar-refractivity contribution in [1.82, 2.24) is 4.90 Å². The van der Waals surface area contributed by atoms with Crippen LogP contribution in [0.15, 0.2) is 82.5 Å². The minimum atomic E-state index is -1.63. The zero-order valence-electron chi connectivity index (χ0n) is 21.0. The van der Waals surface area contributed by atoms with Gasteiger partial charge in [-0.3, -0.25) is 14.4 Å². The summed E-state index contributed by atoms with van der Waals surface area (Å²) in [6.45, 7) is 10.1. The summed E-state index contributed by atoms with van der Waals surface area (Å²) >= 11 is 0. The second-order valence-corrected chi connectivity index (χ2v) is 9.88. The number of carbonyl (C=O) groups is 2. The van der Waals surface area contributed by atoms with E-state index in [0.29, 0.717) is 28.8 Å². The van der Waals surface area contributed by atoms with E-state index in [-0.39, 0.29) is 29.2 Å². The van der Waals surface area contributed by atoms with Crippen LogP contribution in [-0.4, -0.2) is 23.3 Å². The Balaban J connectivity index is 1.66. The summed E-state index contributed by atoms with van der Waals surface area (Å²) < 4.78 is 6.13. The number of hydrogen-bond donors (Lipinski definition) is 0. The van der Waals surface area contributed by atoms with Crippen LogP contribution in [0.25, 0.3) is 11.0 Å². The van der Waals surface area contributed by atoms with Crippen LogP contribution in [-0.2, 0) is 16.9 Å². The highest BCUT2D eigenvalue weighted by Crippen LogP contribution is 2.52. The van der Waals surface area contributed by atoms with Gasteiger partial charge in [-0.1, -0.05) is 54.1 Å². The number of para-hydroxylation sites is 1. The van der Waals surface area contributed by atoms with Crippen molar-refractivity contribution in [3.63, 3.8) is 0 Å². The third-order valence-corrected chi connectivity index (χ3v) is 7.63. The number of carbonyl (C=O) groups excluding carboxylic acids is 2. The summed E-state index contributed by atoms with van der Waals surface area (Å²) in [6, 6.07) is 18.9. The molecular weight excluding hydrogens is 464 g/mol. The molecule has 1 atom stereocenters. The van der Waals surface area contributed by atoms with Gasteiger partial charge in [-0.15, -0.1) is 6.58 Å². The highest BCUT2D eigenvalue weighted by Gasteiger charge is 2.64. The Labute approximate surface area is 214 Å². The highest BCUT2D eigenvalue weighted by atomic mass is 16.3. The first-order chi connectivity index (χ1) is 17.8.